The van der Waals surface area contributed by atoms with Crippen LogP contribution in [0, 0.1) is 6.92 Å². The van der Waals surface area contributed by atoms with Crippen LogP contribution in [-0.4, -0.2) is 75.1 Å². The Hall–Kier alpha value is -3.46. The first-order chi connectivity index (χ1) is 15.9. The topological polar surface area (TPSA) is 92.4 Å². The van der Waals surface area contributed by atoms with Crippen molar-refractivity contribution in [2.24, 2.45) is 7.05 Å². The molecule has 1 saturated heterocycles. The minimum atomic E-state index is 0.114. The molecule has 1 fully saturated rings. The van der Waals surface area contributed by atoms with Crippen LogP contribution in [0.5, 0.6) is 11.6 Å². The molecule has 9 heteroatoms. The number of aryl methyl sites for hydroxylation is 2. The van der Waals surface area contributed by atoms with Gasteiger partial charge >= 0.3 is 0 Å². The number of aromatic nitrogens is 5. The SMILES string of the molecule is COc1nc(-c2cc3cn(C)nc3c(C)c2O)nc2ncc(N3CCC(N(C)C)CC3)cc12. The number of hydrogen-bond donors (Lipinski definition) is 1. The average molecular weight is 448 g/mol. The predicted molar refractivity (Wildman–Crippen MR) is 129 cm³/mol. The van der Waals surface area contributed by atoms with Gasteiger partial charge in [-0.05, 0) is 46.0 Å². The first-order valence-corrected chi connectivity index (χ1v) is 11.1. The van der Waals surface area contributed by atoms with Crippen molar-refractivity contribution in [2.75, 3.05) is 39.2 Å². The van der Waals surface area contributed by atoms with Gasteiger partial charge in [-0.25, -0.2) is 9.97 Å². The standard InChI is InChI=1S/C24H29N7O2/c1-14-20-15(13-30(4)28-20)10-18(21(14)32)23-26-22-19(24(27-23)33-5)11-17(12-25-22)31-8-6-16(7-9-31)29(2)3/h10-13,16,32H,6-9H2,1-5H3. The maximum Gasteiger partial charge on any atom is 0.226 e. The molecule has 0 atom stereocenters. The Balaban J connectivity index is 1.55. The lowest BCUT2D eigenvalue weighted by atomic mass is 10.0. The summed E-state index contributed by atoms with van der Waals surface area (Å²) in [5.41, 5.74) is 3.56. The van der Waals surface area contributed by atoms with Crippen LogP contribution >= 0.6 is 0 Å². The Morgan fingerprint density at radius 2 is 1.91 bits per heavy atom. The molecular formula is C24H29N7O2. The number of ether oxygens (including phenoxy) is 1. The van der Waals surface area contributed by atoms with Crippen LogP contribution in [0.25, 0.3) is 33.3 Å². The van der Waals surface area contributed by atoms with Crippen molar-refractivity contribution >= 4 is 27.6 Å². The predicted octanol–water partition coefficient (Wildman–Crippen LogP) is 3.13. The molecule has 0 amide bonds. The fourth-order valence-corrected chi connectivity index (χ4v) is 4.68. The summed E-state index contributed by atoms with van der Waals surface area (Å²) >= 11 is 0. The number of hydrogen-bond acceptors (Lipinski definition) is 8. The summed E-state index contributed by atoms with van der Waals surface area (Å²) in [6.07, 6.45) is 6.01. The number of fused-ring (bicyclic) bond motifs is 2. The number of nitrogens with zero attached hydrogens (tertiary/aromatic N) is 7. The van der Waals surface area contributed by atoms with Crippen molar-refractivity contribution < 1.29 is 9.84 Å². The molecule has 1 aromatic carbocycles. The molecule has 5 rings (SSSR count). The zero-order valence-electron chi connectivity index (χ0n) is 19.7. The normalized spacial score (nSPS) is 15.2. The highest BCUT2D eigenvalue weighted by atomic mass is 16.5. The van der Waals surface area contributed by atoms with Gasteiger partial charge in [0.05, 0.1) is 35.5 Å². The molecule has 0 unspecified atom stereocenters. The molecular weight excluding hydrogens is 418 g/mol. The summed E-state index contributed by atoms with van der Waals surface area (Å²) in [7, 11) is 7.73. The molecule has 0 spiro atoms. The highest BCUT2D eigenvalue weighted by Crippen LogP contribution is 2.37. The maximum atomic E-state index is 10.9. The summed E-state index contributed by atoms with van der Waals surface area (Å²) in [5, 5.41) is 17.0. The van der Waals surface area contributed by atoms with E-state index in [9.17, 15) is 5.11 Å². The molecule has 1 aliphatic rings. The van der Waals surface area contributed by atoms with E-state index in [0.29, 0.717) is 34.5 Å². The van der Waals surface area contributed by atoms with Gasteiger partial charge < -0.3 is 19.6 Å². The van der Waals surface area contributed by atoms with Gasteiger partial charge in [-0.1, -0.05) is 0 Å². The molecule has 4 aromatic rings. The van der Waals surface area contributed by atoms with Gasteiger partial charge in [0.2, 0.25) is 5.88 Å². The molecule has 4 heterocycles. The van der Waals surface area contributed by atoms with Crippen molar-refractivity contribution in [1.82, 2.24) is 29.6 Å². The van der Waals surface area contributed by atoms with E-state index in [4.69, 9.17) is 4.74 Å². The highest BCUT2D eigenvalue weighted by Gasteiger charge is 2.23. The number of methoxy groups -OCH3 is 1. The summed E-state index contributed by atoms with van der Waals surface area (Å²) < 4.78 is 7.36. The maximum absolute atomic E-state index is 10.9. The van der Waals surface area contributed by atoms with Gasteiger partial charge in [-0.15, -0.1) is 0 Å². The Bertz CT molecular complexity index is 1340. The molecule has 0 radical (unpaired) electrons. The van der Waals surface area contributed by atoms with Crippen molar-refractivity contribution in [3.05, 3.63) is 30.1 Å². The van der Waals surface area contributed by atoms with Crippen molar-refractivity contribution in [1.29, 1.82) is 0 Å². The third kappa shape index (κ3) is 3.72. The lowest BCUT2D eigenvalue weighted by Gasteiger charge is -2.36. The van der Waals surface area contributed by atoms with Gasteiger partial charge in [-0.2, -0.15) is 10.1 Å². The number of pyridine rings is 1. The first-order valence-electron chi connectivity index (χ1n) is 11.1. The molecule has 9 nitrogen and oxygen atoms in total. The largest absolute Gasteiger partial charge is 0.507 e. The van der Waals surface area contributed by atoms with E-state index in [-0.39, 0.29) is 5.75 Å². The lowest BCUT2D eigenvalue weighted by Crippen LogP contribution is -2.42. The zero-order valence-corrected chi connectivity index (χ0v) is 19.7. The van der Waals surface area contributed by atoms with Gasteiger partial charge in [0.15, 0.2) is 11.5 Å². The van der Waals surface area contributed by atoms with E-state index in [2.05, 4.69) is 50.0 Å². The quantitative estimate of drug-likeness (QED) is 0.510. The van der Waals surface area contributed by atoms with Crippen LogP contribution in [0.1, 0.15) is 18.4 Å². The van der Waals surface area contributed by atoms with E-state index < -0.39 is 0 Å². The Labute approximate surface area is 192 Å². The van der Waals surface area contributed by atoms with Gasteiger partial charge in [0.1, 0.15) is 5.75 Å². The second kappa shape index (κ2) is 8.15. The molecule has 1 aliphatic heterocycles. The van der Waals surface area contributed by atoms with Gasteiger partial charge in [-0.3, -0.25) is 4.68 Å². The summed E-state index contributed by atoms with van der Waals surface area (Å²) in [6, 6.07) is 4.52. The van der Waals surface area contributed by atoms with Crippen LogP contribution in [0.2, 0.25) is 0 Å². The van der Waals surface area contributed by atoms with E-state index in [0.717, 1.165) is 47.9 Å². The fraction of sp³-hybridized carbons (Fsp3) is 0.417. The highest BCUT2D eigenvalue weighted by molar-refractivity contribution is 5.91. The van der Waals surface area contributed by atoms with Crippen LogP contribution in [-0.2, 0) is 7.05 Å². The smallest absolute Gasteiger partial charge is 0.226 e. The molecule has 3 aromatic heterocycles. The average Bonchev–Trinajstić information content (AvgIpc) is 3.20. The van der Waals surface area contributed by atoms with Crippen LogP contribution in [0.4, 0.5) is 5.69 Å². The number of aromatic hydroxyl groups is 1. The number of anilines is 1. The number of phenolic OH excluding ortho intramolecular Hbond substituents is 1. The third-order valence-corrected chi connectivity index (χ3v) is 6.62. The van der Waals surface area contributed by atoms with Crippen LogP contribution < -0.4 is 9.64 Å². The van der Waals surface area contributed by atoms with Crippen molar-refractivity contribution in [2.45, 2.75) is 25.8 Å². The molecule has 33 heavy (non-hydrogen) atoms. The first kappa shape index (κ1) is 21.4. The van der Waals surface area contributed by atoms with Crippen molar-refractivity contribution in [3.63, 3.8) is 0 Å². The minimum absolute atomic E-state index is 0.114. The van der Waals surface area contributed by atoms with E-state index in [1.54, 1.807) is 11.8 Å². The summed E-state index contributed by atoms with van der Waals surface area (Å²) in [5.74, 6) is 0.927. The van der Waals surface area contributed by atoms with Crippen LogP contribution in [0.15, 0.2) is 24.5 Å². The number of rotatable bonds is 4. The summed E-state index contributed by atoms with van der Waals surface area (Å²) in [4.78, 5) is 18.6. The second-order valence-corrected chi connectivity index (χ2v) is 8.94. The monoisotopic (exact) mass is 447 g/mol. The molecule has 0 bridgehead atoms. The lowest BCUT2D eigenvalue weighted by molar-refractivity contribution is 0.249. The Morgan fingerprint density at radius 1 is 1.15 bits per heavy atom. The van der Waals surface area contributed by atoms with E-state index in [1.165, 1.54) is 0 Å². The second-order valence-electron chi connectivity index (χ2n) is 8.94. The van der Waals surface area contributed by atoms with Gasteiger partial charge in [0.25, 0.3) is 0 Å². The van der Waals surface area contributed by atoms with E-state index in [1.807, 2.05) is 32.4 Å². The number of benzene rings is 1. The molecule has 1 N–H and O–H groups in total. The third-order valence-electron chi connectivity index (χ3n) is 6.62. The minimum Gasteiger partial charge on any atom is -0.507 e. The van der Waals surface area contributed by atoms with Gasteiger partial charge in [0, 0.05) is 43.3 Å². The van der Waals surface area contributed by atoms with Crippen molar-refractivity contribution in [3.8, 4) is 23.0 Å². The fourth-order valence-electron chi connectivity index (χ4n) is 4.68. The zero-order chi connectivity index (χ0) is 23.3. The number of phenols is 1. The number of piperidine rings is 1. The molecule has 172 valence electrons. The van der Waals surface area contributed by atoms with E-state index >= 15 is 0 Å². The molecule has 0 saturated carbocycles. The summed E-state index contributed by atoms with van der Waals surface area (Å²) in [6.45, 7) is 3.81. The Morgan fingerprint density at radius 3 is 2.61 bits per heavy atom. The van der Waals surface area contributed by atoms with Crippen LogP contribution in [0.3, 0.4) is 0 Å². The Kier molecular flexibility index (Phi) is 5.28. The molecule has 0 aliphatic carbocycles.